The van der Waals surface area contributed by atoms with E-state index in [-0.39, 0.29) is 6.10 Å². The molecule has 6 heteroatoms. The highest BCUT2D eigenvalue weighted by Crippen LogP contribution is 2.47. The summed E-state index contributed by atoms with van der Waals surface area (Å²) in [5.41, 5.74) is -0.376. The van der Waals surface area contributed by atoms with Crippen molar-refractivity contribution < 1.29 is 13.5 Å². The van der Waals surface area contributed by atoms with Crippen molar-refractivity contribution in [2.75, 3.05) is 13.1 Å². The van der Waals surface area contributed by atoms with Crippen LogP contribution in [0.2, 0.25) is 0 Å². The topological polar surface area (TPSA) is 40.5 Å². The highest BCUT2D eigenvalue weighted by atomic mass is 19.1. The molecule has 2 aliphatic heterocycles. The zero-order chi connectivity index (χ0) is 13.5. The normalized spacial score (nSPS) is 28.8. The van der Waals surface area contributed by atoms with Crippen molar-refractivity contribution in [1.82, 2.24) is 5.01 Å². The maximum atomic E-state index is 13.9. The van der Waals surface area contributed by atoms with Crippen molar-refractivity contribution in [3.05, 3.63) is 35.4 Å². The van der Waals surface area contributed by atoms with Crippen LogP contribution in [0.4, 0.5) is 8.78 Å². The van der Waals surface area contributed by atoms with Gasteiger partial charge in [-0.05, 0) is 13.0 Å². The van der Waals surface area contributed by atoms with Crippen molar-refractivity contribution in [2.24, 2.45) is 10.1 Å². The fourth-order valence-corrected chi connectivity index (χ4v) is 2.36. The zero-order valence-electron chi connectivity index (χ0n) is 10.4. The molecule has 1 aromatic carbocycles. The Morgan fingerprint density at radius 1 is 1.47 bits per heavy atom. The number of ether oxygens (including phenoxy) is 1. The monoisotopic (exact) mass is 265 g/mol. The molecule has 2 heterocycles. The van der Waals surface area contributed by atoms with Crippen molar-refractivity contribution >= 4 is 12.6 Å². The first-order valence-corrected chi connectivity index (χ1v) is 6.04. The van der Waals surface area contributed by atoms with Gasteiger partial charge in [-0.2, -0.15) is 5.10 Å². The van der Waals surface area contributed by atoms with Crippen molar-refractivity contribution in [3.63, 3.8) is 0 Å². The van der Waals surface area contributed by atoms with Gasteiger partial charge < -0.3 is 4.74 Å². The van der Waals surface area contributed by atoms with E-state index in [2.05, 4.69) is 10.1 Å². The van der Waals surface area contributed by atoms with Gasteiger partial charge in [0.25, 0.3) is 0 Å². The number of hydrogen-bond acceptors (Lipinski definition) is 4. The summed E-state index contributed by atoms with van der Waals surface area (Å²) in [7, 11) is 0. The third kappa shape index (κ3) is 2.12. The average molecular weight is 265 g/mol. The van der Waals surface area contributed by atoms with Gasteiger partial charge in [0.05, 0.1) is 19.2 Å². The lowest BCUT2D eigenvalue weighted by molar-refractivity contribution is 0.204. The van der Waals surface area contributed by atoms with Crippen LogP contribution in [0, 0.1) is 11.6 Å². The van der Waals surface area contributed by atoms with Gasteiger partial charge in [-0.3, -0.25) is 5.01 Å². The molecule has 100 valence electrons. The standard InChI is InChI=1S/C13H13F2N3O/c1-9-13(19-9,7-18-5-4-16-8-17-18)11-3-2-10(14)6-12(11)15/h2-4,6,8-9H,5,7H2,1H3/t9-,13-/m1/s1. The van der Waals surface area contributed by atoms with Gasteiger partial charge in [0, 0.05) is 17.8 Å². The summed E-state index contributed by atoms with van der Waals surface area (Å²) < 4.78 is 32.5. The molecule has 0 aliphatic carbocycles. The molecule has 1 saturated heterocycles. The lowest BCUT2D eigenvalue weighted by atomic mass is 9.95. The minimum Gasteiger partial charge on any atom is -0.359 e. The Bertz CT molecular complexity index is 561. The summed E-state index contributed by atoms with van der Waals surface area (Å²) in [6.07, 6.45) is 3.03. The van der Waals surface area contributed by atoms with Gasteiger partial charge in [0.2, 0.25) is 0 Å². The molecule has 0 bridgehead atoms. The molecule has 3 rings (SSSR count). The number of epoxide rings is 1. The van der Waals surface area contributed by atoms with Crippen molar-refractivity contribution in [3.8, 4) is 0 Å². The molecule has 0 spiro atoms. The van der Waals surface area contributed by atoms with Crippen molar-refractivity contribution in [2.45, 2.75) is 18.6 Å². The van der Waals surface area contributed by atoms with Crippen molar-refractivity contribution in [1.29, 1.82) is 0 Å². The lowest BCUT2D eigenvalue weighted by Gasteiger charge is -2.23. The molecule has 1 aromatic rings. The van der Waals surface area contributed by atoms with Gasteiger partial charge in [0.15, 0.2) is 0 Å². The number of benzene rings is 1. The lowest BCUT2D eigenvalue weighted by Crippen LogP contribution is -2.34. The first kappa shape index (κ1) is 12.2. The first-order valence-electron chi connectivity index (χ1n) is 6.04. The zero-order valence-corrected chi connectivity index (χ0v) is 10.4. The average Bonchev–Trinajstić information content (AvgIpc) is 3.01. The summed E-state index contributed by atoms with van der Waals surface area (Å²) in [4.78, 5) is 3.88. The number of halogens is 2. The quantitative estimate of drug-likeness (QED) is 0.783. The molecule has 4 nitrogen and oxygen atoms in total. The first-order chi connectivity index (χ1) is 9.12. The number of hydrazone groups is 1. The Hall–Kier alpha value is -1.82. The van der Waals surface area contributed by atoms with Crippen LogP contribution in [0.5, 0.6) is 0 Å². The largest absolute Gasteiger partial charge is 0.359 e. The van der Waals surface area contributed by atoms with Gasteiger partial charge in [-0.25, -0.2) is 13.8 Å². The van der Waals surface area contributed by atoms with Gasteiger partial charge in [0.1, 0.15) is 23.6 Å². The Labute approximate surface area is 109 Å². The van der Waals surface area contributed by atoms with E-state index in [4.69, 9.17) is 4.74 Å². The Morgan fingerprint density at radius 2 is 2.26 bits per heavy atom. The second-order valence-electron chi connectivity index (χ2n) is 4.68. The van der Waals surface area contributed by atoms with E-state index in [9.17, 15) is 8.78 Å². The molecule has 19 heavy (non-hydrogen) atoms. The van der Waals surface area contributed by atoms with Crippen LogP contribution >= 0.6 is 0 Å². The number of rotatable bonds is 3. The van der Waals surface area contributed by atoms with E-state index in [0.717, 1.165) is 6.07 Å². The minimum atomic E-state index is -0.750. The molecule has 2 atom stereocenters. The van der Waals surface area contributed by atoms with Crippen LogP contribution in [0.25, 0.3) is 0 Å². The molecule has 2 aliphatic rings. The van der Waals surface area contributed by atoms with E-state index < -0.39 is 17.2 Å². The number of nitrogens with zero attached hydrogens (tertiary/aromatic N) is 3. The predicted molar refractivity (Wildman–Crippen MR) is 67.1 cm³/mol. The molecular formula is C13H13F2N3O. The van der Waals surface area contributed by atoms with Crippen LogP contribution in [-0.2, 0) is 10.3 Å². The molecule has 0 radical (unpaired) electrons. The number of hydrogen-bond donors (Lipinski definition) is 0. The molecule has 0 N–H and O–H groups in total. The minimum absolute atomic E-state index is 0.124. The van der Waals surface area contributed by atoms with E-state index in [1.807, 2.05) is 6.92 Å². The summed E-state index contributed by atoms with van der Waals surface area (Å²) in [6, 6.07) is 3.57. The maximum Gasteiger partial charge on any atom is 0.141 e. The maximum absolute atomic E-state index is 13.9. The van der Waals surface area contributed by atoms with E-state index >= 15 is 0 Å². The second kappa shape index (κ2) is 4.38. The fourth-order valence-electron chi connectivity index (χ4n) is 2.36. The van der Waals surface area contributed by atoms with E-state index in [0.29, 0.717) is 18.7 Å². The summed E-state index contributed by atoms with van der Waals surface area (Å²) in [5.74, 6) is -1.17. The number of aliphatic imine (C=N–C) groups is 1. The van der Waals surface area contributed by atoms with Gasteiger partial charge >= 0.3 is 0 Å². The second-order valence-corrected chi connectivity index (χ2v) is 4.68. The summed E-state index contributed by atoms with van der Waals surface area (Å²) in [6.45, 7) is 2.83. The Kier molecular flexibility index (Phi) is 2.82. The Balaban J connectivity index is 1.87. The summed E-state index contributed by atoms with van der Waals surface area (Å²) in [5, 5.41) is 5.84. The molecular weight excluding hydrogens is 252 g/mol. The molecule has 0 saturated carbocycles. The smallest absolute Gasteiger partial charge is 0.141 e. The highest BCUT2D eigenvalue weighted by molar-refractivity contribution is 5.75. The summed E-state index contributed by atoms with van der Waals surface area (Å²) >= 11 is 0. The third-order valence-corrected chi connectivity index (χ3v) is 3.47. The van der Waals surface area contributed by atoms with Crippen LogP contribution in [-0.4, -0.2) is 36.8 Å². The predicted octanol–water partition coefficient (Wildman–Crippen LogP) is 1.91. The molecule has 0 unspecified atom stereocenters. The van der Waals surface area contributed by atoms with Gasteiger partial charge in [-0.15, -0.1) is 0 Å². The van der Waals surface area contributed by atoms with E-state index in [1.165, 1.54) is 18.5 Å². The highest BCUT2D eigenvalue weighted by Gasteiger charge is 2.57. The Morgan fingerprint density at radius 3 is 2.84 bits per heavy atom. The van der Waals surface area contributed by atoms with Crippen LogP contribution in [0.3, 0.4) is 0 Å². The van der Waals surface area contributed by atoms with Crippen LogP contribution in [0.1, 0.15) is 12.5 Å². The van der Waals surface area contributed by atoms with E-state index in [1.54, 1.807) is 11.2 Å². The van der Waals surface area contributed by atoms with Crippen LogP contribution < -0.4 is 0 Å². The third-order valence-electron chi connectivity index (χ3n) is 3.47. The molecule has 1 fully saturated rings. The van der Waals surface area contributed by atoms with Gasteiger partial charge in [-0.1, -0.05) is 6.07 Å². The molecule has 0 aromatic heterocycles. The van der Waals surface area contributed by atoms with Crippen LogP contribution in [0.15, 0.2) is 28.3 Å². The fraction of sp³-hybridized carbons (Fsp3) is 0.385. The molecule has 0 amide bonds. The SMILES string of the molecule is C[C@H]1O[C@@]1(CN1CC=NC=N1)c1ccc(F)cc1F.